The Labute approximate surface area is 147 Å². The molecule has 0 radical (unpaired) electrons. The van der Waals surface area contributed by atoms with E-state index in [-0.39, 0.29) is 18.3 Å². The van der Waals surface area contributed by atoms with Crippen molar-refractivity contribution in [3.05, 3.63) is 59.9 Å². The molecule has 6 heteroatoms. The van der Waals surface area contributed by atoms with Gasteiger partial charge in [0.05, 0.1) is 20.2 Å². The summed E-state index contributed by atoms with van der Waals surface area (Å²) in [5, 5.41) is 5.76. The van der Waals surface area contributed by atoms with E-state index in [0.29, 0.717) is 31.7 Å². The summed E-state index contributed by atoms with van der Waals surface area (Å²) in [5.74, 6) is 1.15. The number of halogens is 1. The van der Waals surface area contributed by atoms with Gasteiger partial charge in [0.2, 0.25) is 5.91 Å². The van der Waals surface area contributed by atoms with Crippen LogP contribution in [0.5, 0.6) is 11.5 Å². The minimum atomic E-state index is -0.218. The van der Waals surface area contributed by atoms with Crippen molar-refractivity contribution in [3.8, 4) is 11.5 Å². The summed E-state index contributed by atoms with van der Waals surface area (Å²) in [5.41, 5.74) is 0.642. The van der Waals surface area contributed by atoms with Crippen molar-refractivity contribution in [1.29, 1.82) is 0 Å². The highest BCUT2D eigenvalue weighted by atomic mass is 19.1. The molecule has 0 atom stereocenters. The van der Waals surface area contributed by atoms with Crippen LogP contribution in [0.25, 0.3) is 0 Å². The molecule has 0 heterocycles. The number of hydrogen-bond donors (Lipinski definition) is 2. The molecule has 0 fully saturated rings. The van der Waals surface area contributed by atoms with Crippen LogP contribution in [-0.4, -0.2) is 39.3 Å². The summed E-state index contributed by atoms with van der Waals surface area (Å²) < 4.78 is 24.0. The Kier molecular flexibility index (Phi) is 7.72. The molecule has 2 aromatic carbocycles. The maximum absolute atomic E-state index is 13.4. The van der Waals surface area contributed by atoms with Crippen molar-refractivity contribution in [1.82, 2.24) is 10.6 Å². The van der Waals surface area contributed by atoms with Crippen LogP contribution < -0.4 is 20.1 Å². The number of hydrogen-bond acceptors (Lipinski definition) is 4. The summed E-state index contributed by atoms with van der Waals surface area (Å²) in [6.07, 6.45) is 0.542. The molecule has 0 aliphatic heterocycles. The lowest BCUT2D eigenvalue weighted by atomic mass is 10.1. The molecule has 0 aromatic heterocycles. The van der Waals surface area contributed by atoms with Crippen LogP contribution in [0.15, 0.2) is 48.5 Å². The first-order valence-corrected chi connectivity index (χ1v) is 8.16. The second-order valence-corrected chi connectivity index (χ2v) is 5.39. The van der Waals surface area contributed by atoms with Crippen LogP contribution in [-0.2, 0) is 11.2 Å². The standard InChI is InChI=1S/C19H23FN2O3/c1-24-16-6-8-17(9-7-16)25-13-12-22-19(23)14-21-11-10-15-4-2-3-5-18(15)20/h2-9,21H,10-14H2,1H3,(H,22,23). The molecular formula is C19H23FN2O3. The first-order chi connectivity index (χ1) is 12.2. The first kappa shape index (κ1) is 18.7. The van der Waals surface area contributed by atoms with Crippen molar-refractivity contribution in [2.45, 2.75) is 6.42 Å². The fourth-order valence-corrected chi connectivity index (χ4v) is 2.22. The highest BCUT2D eigenvalue weighted by molar-refractivity contribution is 5.77. The van der Waals surface area contributed by atoms with Crippen molar-refractivity contribution in [2.75, 3.05) is 33.4 Å². The highest BCUT2D eigenvalue weighted by Crippen LogP contribution is 2.16. The highest BCUT2D eigenvalue weighted by Gasteiger charge is 2.03. The second kappa shape index (κ2) is 10.3. The fourth-order valence-electron chi connectivity index (χ4n) is 2.22. The van der Waals surface area contributed by atoms with E-state index in [0.717, 1.165) is 11.5 Å². The van der Waals surface area contributed by atoms with Gasteiger partial charge in [0.1, 0.15) is 23.9 Å². The zero-order valence-electron chi connectivity index (χ0n) is 14.3. The normalized spacial score (nSPS) is 10.3. The number of ether oxygens (including phenoxy) is 2. The topological polar surface area (TPSA) is 59.6 Å². The maximum Gasteiger partial charge on any atom is 0.234 e. The summed E-state index contributed by atoms with van der Waals surface area (Å²) in [6.45, 7) is 1.53. The molecule has 134 valence electrons. The Morgan fingerprint density at radius 2 is 1.76 bits per heavy atom. The van der Waals surface area contributed by atoms with Gasteiger partial charge in [-0.2, -0.15) is 0 Å². The van der Waals surface area contributed by atoms with Crippen LogP contribution in [0, 0.1) is 5.82 Å². The summed E-state index contributed by atoms with van der Waals surface area (Å²) in [4.78, 5) is 11.7. The maximum atomic E-state index is 13.4. The van der Waals surface area contributed by atoms with Gasteiger partial charge in [0, 0.05) is 0 Å². The Morgan fingerprint density at radius 1 is 1.04 bits per heavy atom. The third-order valence-corrected chi connectivity index (χ3v) is 3.57. The van der Waals surface area contributed by atoms with E-state index in [1.54, 1.807) is 25.3 Å². The van der Waals surface area contributed by atoms with E-state index in [1.165, 1.54) is 6.07 Å². The Balaban J connectivity index is 1.54. The van der Waals surface area contributed by atoms with Gasteiger partial charge in [-0.15, -0.1) is 0 Å². The van der Waals surface area contributed by atoms with Crippen LogP contribution in [0.3, 0.4) is 0 Å². The molecule has 0 aliphatic rings. The fraction of sp³-hybridized carbons (Fsp3) is 0.316. The Hall–Kier alpha value is -2.60. The van der Waals surface area contributed by atoms with Gasteiger partial charge >= 0.3 is 0 Å². The van der Waals surface area contributed by atoms with E-state index in [9.17, 15) is 9.18 Å². The number of carbonyl (C=O) groups is 1. The second-order valence-electron chi connectivity index (χ2n) is 5.39. The SMILES string of the molecule is COc1ccc(OCCNC(=O)CNCCc2ccccc2F)cc1. The monoisotopic (exact) mass is 346 g/mol. The van der Waals surface area contributed by atoms with Gasteiger partial charge in [-0.05, 0) is 48.9 Å². The first-order valence-electron chi connectivity index (χ1n) is 8.16. The van der Waals surface area contributed by atoms with Crippen LogP contribution >= 0.6 is 0 Å². The van der Waals surface area contributed by atoms with Gasteiger partial charge in [-0.1, -0.05) is 18.2 Å². The molecular weight excluding hydrogens is 323 g/mol. The summed E-state index contributed by atoms with van der Waals surface area (Å²) >= 11 is 0. The number of benzene rings is 2. The zero-order valence-corrected chi connectivity index (χ0v) is 14.3. The predicted molar refractivity (Wildman–Crippen MR) is 94.5 cm³/mol. The van der Waals surface area contributed by atoms with Gasteiger partial charge < -0.3 is 20.1 Å². The summed E-state index contributed by atoms with van der Waals surface area (Å²) in [6, 6.07) is 13.9. The number of carbonyl (C=O) groups excluding carboxylic acids is 1. The average Bonchev–Trinajstić information content (AvgIpc) is 2.64. The molecule has 0 bridgehead atoms. The van der Waals surface area contributed by atoms with Crippen molar-refractivity contribution >= 4 is 5.91 Å². The third kappa shape index (κ3) is 6.81. The van der Waals surface area contributed by atoms with E-state index in [2.05, 4.69) is 10.6 Å². The van der Waals surface area contributed by atoms with Crippen molar-refractivity contribution in [2.24, 2.45) is 0 Å². The molecule has 0 saturated heterocycles. The largest absolute Gasteiger partial charge is 0.497 e. The van der Waals surface area contributed by atoms with E-state index in [4.69, 9.17) is 9.47 Å². The van der Waals surface area contributed by atoms with Crippen LogP contribution in [0.1, 0.15) is 5.56 Å². The summed E-state index contributed by atoms with van der Waals surface area (Å²) in [7, 11) is 1.61. The average molecular weight is 346 g/mol. The molecule has 0 unspecified atom stereocenters. The van der Waals surface area contributed by atoms with Gasteiger partial charge in [-0.25, -0.2) is 4.39 Å². The van der Waals surface area contributed by atoms with Gasteiger partial charge in [0.15, 0.2) is 0 Å². The lowest BCUT2D eigenvalue weighted by molar-refractivity contribution is -0.120. The molecule has 5 nitrogen and oxygen atoms in total. The van der Waals surface area contributed by atoms with Crippen molar-refractivity contribution < 1.29 is 18.7 Å². The molecule has 2 rings (SSSR count). The third-order valence-electron chi connectivity index (χ3n) is 3.57. The van der Waals surface area contributed by atoms with Crippen LogP contribution in [0.4, 0.5) is 4.39 Å². The molecule has 2 N–H and O–H groups in total. The molecule has 0 spiro atoms. The predicted octanol–water partition coefficient (Wildman–Crippen LogP) is 2.16. The molecule has 0 saturated carbocycles. The van der Waals surface area contributed by atoms with Crippen molar-refractivity contribution in [3.63, 3.8) is 0 Å². The molecule has 0 aliphatic carbocycles. The molecule has 1 amide bonds. The minimum Gasteiger partial charge on any atom is -0.497 e. The van der Waals surface area contributed by atoms with Gasteiger partial charge in [0.25, 0.3) is 0 Å². The smallest absolute Gasteiger partial charge is 0.234 e. The number of amides is 1. The number of nitrogens with one attached hydrogen (secondary N) is 2. The van der Waals surface area contributed by atoms with E-state index in [1.807, 2.05) is 24.3 Å². The molecule has 2 aromatic rings. The molecule has 25 heavy (non-hydrogen) atoms. The minimum absolute atomic E-state index is 0.119. The Bertz CT molecular complexity index is 662. The lowest BCUT2D eigenvalue weighted by Crippen LogP contribution is -2.36. The van der Waals surface area contributed by atoms with Crippen LogP contribution in [0.2, 0.25) is 0 Å². The zero-order chi connectivity index (χ0) is 17.9. The number of rotatable bonds is 10. The van der Waals surface area contributed by atoms with Gasteiger partial charge in [-0.3, -0.25) is 4.79 Å². The Morgan fingerprint density at radius 3 is 2.48 bits per heavy atom. The quantitative estimate of drug-likeness (QED) is 0.647. The van der Waals surface area contributed by atoms with E-state index < -0.39 is 0 Å². The lowest BCUT2D eigenvalue weighted by Gasteiger charge is -2.09. The van der Waals surface area contributed by atoms with E-state index >= 15 is 0 Å². The number of methoxy groups -OCH3 is 1.